The molecular formula is C9H9I2O2S-. The Labute approximate surface area is 113 Å². The summed E-state index contributed by atoms with van der Waals surface area (Å²) < 4.78 is 21.0. The highest BCUT2D eigenvalue weighted by molar-refractivity contribution is 14.2. The third kappa shape index (κ3) is 3.74. The van der Waals surface area contributed by atoms with Gasteiger partial charge in [0.25, 0.3) is 0 Å². The van der Waals surface area contributed by atoms with Crippen molar-refractivity contribution >= 4 is 56.3 Å². The van der Waals surface area contributed by atoms with E-state index in [-0.39, 0.29) is 0 Å². The molecule has 0 aliphatic carbocycles. The summed E-state index contributed by atoms with van der Waals surface area (Å²) in [5.41, 5.74) is 2.23. The summed E-state index contributed by atoms with van der Waals surface area (Å²) in [7, 11) is 0. The molecule has 0 aromatic heterocycles. The van der Waals surface area contributed by atoms with Crippen molar-refractivity contribution in [1.82, 2.24) is 0 Å². The van der Waals surface area contributed by atoms with E-state index in [9.17, 15) is 8.76 Å². The molecule has 1 aromatic carbocycles. The van der Waals surface area contributed by atoms with Gasteiger partial charge in [-0.3, -0.25) is 4.21 Å². The second kappa shape index (κ2) is 5.22. The van der Waals surface area contributed by atoms with Crippen molar-refractivity contribution < 1.29 is 8.76 Å². The predicted octanol–water partition coefficient (Wildman–Crippen LogP) is 2.94. The van der Waals surface area contributed by atoms with Gasteiger partial charge in [-0.1, -0.05) is 75.0 Å². The van der Waals surface area contributed by atoms with Crippen LogP contribution in [0.15, 0.2) is 24.3 Å². The summed E-state index contributed by atoms with van der Waals surface area (Å²) in [5.74, 6) is 0. The number of alkyl halides is 2. The zero-order chi connectivity index (χ0) is 10.8. The molecule has 0 saturated carbocycles. The molecule has 0 radical (unpaired) electrons. The van der Waals surface area contributed by atoms with Crippen LogP contribution in [0.4, 0.5) is 0 Å². The van der Waals surface area contributed by atoms with Gasteiger partial charge in [-0.2, -0.15) is 0 Å². The third-order valence-corrected chi connectivity index (χ3v) is 5.33. The molecule has 1 aromatic rings. The van der Waals surface area contributed by atoms with Crippen LogP contribution >= 0.6 is 45.2 Å². The van der Waals surface area contributed by atoms with Crippen LogP contribution in [0.1, 0.15) is 11.1 Å². The lowest BCUT2D eigenvalue weighted by Gasteiger charge is -2.23. The van der Waals surface area contributed by atoms with Gasteiger partial charge in [-0.15, -0.1) is 0 Å². The Bertz CT molecular complexity index is 335. The fourth-order valence-corrected chi connectivity index (χ4v) is 2.17. The van der Waals surface area contributed by atoms with E-state index in [0.29, 0.717) is 6.42 Å². The number of rotatable bonds is 3. The molecule has 0 aliphatic heterocycles. The summed E-state index contributed by atoms with van der Waals surface area (Å²) in [6.07, 6.45) is 0.532. The third-order valence-electron chi connectivity index (χ3n) is 1.77. The molecule has 0 heterocycles. The molecule has 2 nitrogen and oxygen atoms in total. The van der Waals surface area contributed by atoms with E-state index in [1.807, 2.05) is 76.4 Å². The van der Waals surface area contributed by atoms with Crippen LogP contribution in [-0.2, 0) is 17.5 Å². The quantitative estimate of drug-likeness (QED) is 0.417. The van der Waals surface area contributed by atoms with E-state index in [2.05, 4.69) is 0 Å². The van der Waals surface area contributed by atoms with Crippen LogP contribution in [0.3, 0.4) is 0 Å². The second-order valence-electron chi connectivity index (χ2n) is 3.03. The molecule has 0 amide bonds. The lowest BCUT2D eigenvalue weighted by atomic mass is 10.1. The first kappa shape index (κ1) is 12.9. The van der Waals surface area contributed by atoms with Crippen molar-refractivity contribution in [2.45, 2.75) is 14.1 Å². The topological polar surface area (TPSA) is 40.1 Å². The first-order chi connectivity index (χ1) is 6.42. The summed E-state index contributed by atoms with van der Waals surface area (Å²) >= 11 is 1.85. The van der Waals surface area contributed by atoms with Crippen LogP contribution in [0.5, 0.6) is 0 Å². The van der Waals surface area contributed by atoms with Gasteiger partial charge >= 0.3 is 0 Å². The first-order valence-corrected chi connectivity index (χ1v) is 7.18. The van der Waals surface area contributed by atoms with Gasteiger partial charge in [0.05, 0.1) is 0 Å². The average molecular weight is 435 g/mol. The SMILES string of the molecule is Cc1ccc(CC(I)(I)S(=O)[O-])cc1. The van der Waals surface area contributed by atoms with E-state index in [1.165, 1.54) is 5.56 Å². The smallest absolute Gasteiger partial charge is 0.138 e. The largest absolute Gasteiger partial charge is 0.771 e. The van der Waals surface area contributed by atoms with Gasteiger partial charge in [0, 0.05) is 6.42 Å². The molecular weight excluding hydrogens is 426 g/mol. The van der Waals surface area contributed by atoms with Crippen molar-refractivity contribution in [2.75, 3.05) is 0 Å². The molecule has 0 bridgehead atoms. The standard InChI is InChI=1S/C9H10I2O2S/c1-7-2-4-8(5-3-7)6-9(10,11)14(12)13/h2-5H,6H2,1H3,(H,12,13)/p-1. The monoisotopic (exact) mass is 435 g/mol. The number of aryl methyl sites for hydroxylation is 1. The predicted molar refractivity (Wildman–Crippen MR) is 74.6 cm³/mol. The molecule has 0 fully saturated rings. The molecule has 1 atom stereocenters. The van der Waals surface area contributed by atoms with Gasteiger partial charge in [-0.25, -0.2) is 0 Å². The minimum atomic E-state index is -2.06. The highest BCUT2D eigenvalue weighted by atomic mass is 127. The molecule has 1 rings (SSSR count). The molecule has 5 heteroatoms. The Morgan fingerprint density at radius 3 is 2.29 bits per heavy atom. The minimum absolute atomic E-state index is 0.532. The highest BCUT2D eigenvalue weighted by Gasteiger charge is 2.23. The highest BCUT2D eigenvalue weighted by Crippen LogP contribution is 2.34. The molecule has 0 N–H and O–H groups in total. The first-order valence-electron chi connectivity index (χ1n) is 3.94. The molecule has 78 valence electrons. The van der Waals surface area contributed by atoms with E-state index >= 15 is 0 Å². The van der Waals surface area contributed by atoms with E-state index in [4.69, 9.17) is 0 Å². The lowest BCUT2D eigenvalue weighted by molar-refractivity contribution is 0.533. The van der Waals surface area contributed by atoms with Crippen LogP contribution in [0.25, 0.3) is 0 Å². The maximum Gasteiger partial charge on any atom is 0.138 e. The van der Waals surface area contributed by atoms with Crippen LogP contribution < -0.4 is 0 Å². The van der Waals surface area contributed by atoms with E-state index < -0.39 is 11.8 Å². The summed E-state index contributed by atoms with van der Waals surface area (Å²) in [6.45, 7) is 2.01. The molecule has 0 spiro atoms. The average Bonchev–Trinajstić information content (AvgIpc) is 2.08. The number of hydrogen-bond donors (Lipinski definition) is 0. The molecule has 1 unspecified atom stereocenters. The Balaban J connectivity index is 2.79. The van der Waals surface area contributed by atoms with Gasteiger partial charge in [0.1, 0.15) is 0.760 Å². The van der Waals surface area contributed by atoms with Crippen LogP contribution in [0, 0.1) is 6.92 Å². The molecule has 14 heavy (non-hydrogen) atoms. The lowest BCUT2D eigenvalue weighted by Crippen LogP contribution is -2.21. The zero-order valence-electron chi connectivity index (χ0n) is 7.50. The summed E-state index contributed by atoms with van der Waals surface area (Å²) in [5, 5.41) is 0. The Hall–Kier alpha value is 0.790. The molecule has 0 aliphatic rings. The number of halogens is 2. The van der Waals surface area contributed by atoms with Gasteiger partial charge in [0.15, 0.2) is 0 Å². The van der Waals surface area contributed by atoms with E-state index in [0.717, 1.165) is 5.56 Å². The second-order valence-corrected chi connectivity index (χ2v) is 11.4. The number of benzene rings is 1. The Morgan fingerprint density at radius 1 is 1.36 bits per heavy atom. The van der Waals surface area contributed by atoms with Crippen molar-refractivity contribution in [3.05, 3.63) is 35.4 Å². The summed E-state index contributed by atoms with van der Waals surface area (Å²) in [4.78, 5) is 0. The van der Waals surface area contributed by atoms with Gasteiger partial charge in [0.2, 0.25) is 0 Å². The van der Waals surface area contributed by atoms with Crippen molar-refractivity contribution in [1.29, 1.82) is 0 Å². The fraction of sp³-hybridized carbons (Fsp3) is 0.333. The fourth-order valence-electron chi connectivity index (χ4n) is 1.00. The van der Waals surface area contributed by atoms with Crippen LogP contribution in [-0.4, -0.2) is 9.52 Å². The van der Waals surface area contributed by atoms with Gasteiger partial charge in [-0.05, 0) is 23.6 Å². The minimum Gasteiger partial charge on any atom is -0.771 e. The van der Waals surface area contributed by atoms with E-state index in [1.54, 1.807) is 0 Å². The normalized spacial score (nSPS) is 14.0. The maximum atomic E-state index is 10.9. The van der Waals surface area contributed by atoms with Crippen molar-refractivity contribution in [3.8, 4) is 0 Å². The Kier molecular flexibility index (Phi) is 4.79. The Morgan fingerprint density at radius 2 is 1.86 bits per heavy atom. The maximum absolute atomic E-state index is 10.9. The molecule has 0 saturated heterocycles. The van der Waals surface area contributed by atoms with Crippen LogP contribution in [0.2, 0.25) is 0 Å². The number of hydrogen-bond acceptors (Lipinski definition) is 2. The van der Waals surface area contributed by atoms with Gasteiger partial charge < -0.3 is 4.55 Å². The zero-order valence-corrected chi connectivity index (χ0v) is 12.6. The van der Waals surface area contributed by atoms with Crippen molar-refractivity contribution in [3.63, 3.8) is 0 Å². The van der Waals surface area contributed by atoms with Crippen molar-refractivity contribution in [2.24, 2.45) is 0 Å². The summed E-state index contributed by atoms with van der Waals surface area (Å²) in [6, 6.07) is 7.92.